The number of rotatable bonds is 1. The van der Waals surface area contributed by atoms with Crippen molar-refractivity contribution in [2.75, 3.05) is 4.90 Å². The minimum Gasteiger partial charge on any atom is -0.277 e. The summed E-state index contributed by atoms with van der Waals surface area (Å²) in [6.45, 7) is 1.07. The Balaban J connectivity index is 2.64. The summed E-state index contributed by atoms with van der Waals surface area (Å²) in [6.07, 6.45) is 0. The van der Waals surface area contributed by atoms with Crippen LogP contribution in [0.15, 0.2) is 6.07 Å². The van der Waals surface area contributed by atoms with Gasteiger partial charge >= 0.3 is 6.03 Å². The molecule has 1 aromatic rings. The van der Waals surface area contributed by atoms with Crippen LogP contribution >= 0.6 is 0 Å². The van der Waals surface area contributed by atoms with E-state index in [9.17, 15) is 31.9 Å². The molecular weight excluding hydrogens is 284 g/mol. The Labute approximate surface area is 109 Å². The fraction of sp³-hybridized carbons (Fsp3) is 0.182. The number of hydrogen-bond donors (Lipinski definition) is 1. The number of halogens is 4. The second-order valence-corrected chi connectivity index (χ2v) is 4.01. The lowest BCUT2D eigenvalue weighted by Gasteiger charge is -2.28. The van der Waals surface area contributed by atoms with Gasteiger partial charge in [-0.05, 0) is 6.92 Å². The fourth-order valence-corrected chi connectivity index (χ4v) is 1.64. The zero-order valence-electron chi connectivity index (χ0n) is 9.84. The summed E-state index contributed by atoms with van der Waals surface area (Å²) in [4.78, 5) is 34.3. The smallest absolute Gasteiger partial charge is 0.277 e. The molecular formula is C11H6F4N2O3. The van der Waals surface area contributed by atoms with Crippen molar-refractivity contribution in [2.45, 2.75) is 6.92 Å². The van der Waals surface area contributed by atoms with E-state index in [1.807, 2.05) is 0 Å². The van der Waals surface area contributed by atoms with E-state index in [-0.39, 0.29) is 11.0 Å². The summed E-state index contributed by atoms with van der Waals surface area (Å²) in [5.74, 6) is -11.1. The molecule has 0 bridgehead atoms. The summed E-state index contributed by atoms with van der Waals surface area (Å²) < 4.78 is 53.3. The minimum atomic E-state index is -1.91. The number of barbiturate groups is 1. The van der Waals surface area contributed by atoms with E-state index in [2.05, 4.69) is 0 Å². The lowest BCUT2D eigenvalue weighted by atomic mass is 10.1. The third-order valence-corrected chi connectivity index (χ3v) is 2.73. The Hall–Kier alpha value is -2.45. The van der Waals surface area contributed by atoms with Crippen molar-refractivity contribution in [3.8, 4) is 0 Å². The molecule has 9 heteroatoms. The highest BCUT2D eigenvalue weighted by molar-refractivity contribution is 6.27. The zero-order valence-corrected chi connectivity index (χ0v) is 9.84. The first kappa shape index (κ1) is 14.0. The number of hydrogen-bond acceptors (Lipinski definition) is 3. The number of urea groups is 1. The van der Waals surface area contributed by atoms with Gasteiger partial charge < -0.3 is 0 Å². The van der Waals surface area contributed by atoms with E-state index in [0.29, 0.717) is 0 Å². The van der Waals surface area contributed by atoms with Crippen LogP contribution in [0.1, 0.15) is 6.92 Å². The van der Waals surface area contributed by atoms with Gasteiger partial charge in [0.15, 0.2) is 23.3 Å². The standard InChI is InChI=1S/C11H6F4N2O3/c1-3-9(18)16-11(20)17(10(3)19)8-6(14)4(12)2-5(13)7(8)15/h2-3H,1H3,(H,16,18,20). The quantitative estimate of drug-likeness (QED) is 0.484. The summed E-state index contributed by atoms with van der Waals surface area (Å²) in [6, 6.07) is -1.55. The molecule has 4 amide bonds. The number of benzene rings is 1. The number of imide groups is 2. The highest BCUT2D eigenvalue weighted by Gasteiger charge is 2.42. The number of carbonyl (C=O) groups excluding carboxylic acids is 3. The van der Waals surface area contributed by atoms with E-state index in [0.717, 1.165) is 6.92 Å². The predicted molar refractivity (Wildman–Crippen MR) is 56.5 cm³/mol. The lowest BCUT2D eigenvalue weighted by Crippen LogP contribution is -2.58. The van der Waals surface area contributed by atoms with Crippen molar-refractivity contribution >= 4 is 23.5 Å². The van der Waals surface area contributed by atoms with Crippen LogP contribution in [0.25, 0.3) is 0 Å². The molecule has 1 N–H and O–H groups in total. The van der Waals surface area contributed by atoms with E-state index in [1.165, 1.54) is 0 Å². The maximum Gasteiger partial charge on any atom is 0.335 e. The van der Waals surface area contributed by atoms with Gasteiger partial charge in [-0.1, -0.05) is 0 Å². The van der Waals surface area contributed by atoms with E-state index >= 15 is 0 Å². The maximum atomic E-state index is 13.6. The van der Waals surface area contributed by atoms with Crippen LogP contribution in [0.5, 0.6) is 0 Å². The molecule has 0 radical (unpaired) electrons. The van der Waals surface area contributed by atoms with Crippen LogP contribution in [0.3, 0.4) is 0 Å². The lowest BCUT2D eigenvalue weighted by molar-refractivity contribution is -0.133. The molecule has 5 nitrogen and oxygen atoms in total. The first-order valence-corrected chi connectivity index (χ1v) is 5.27. The van der Waals surface area contributed by atoms with Crippen LogP contribution in [-0.4, -0.2) is 17.8 Å². The second-order valence-electron chi connectivity index (χ2n) is 4.01. The van der Waals surface area contributed by atoms with E-state index in [1.54, 1.807) is 5.32 Å². The molecule has 1 aliphatic heterocycles. The second kappa shape index (κ2) is 4.58. The average Bonchev–Trinajstić information content (AvgIpc) is 2.38. The molecule has 0 aliphatic carbocycles. The van der Waals surface area contributed by atoms with Crippen molar-refractivity contribution in [1.82, 2.24) is 5.32 Å². The van der Waals surface area contributed by atoms with Crippen molar-refractivity contribution in [3.63, 3.8) is 0 Å². The monoisotopic (exact) mass is 290 g/mol. The largest absolute Gasteiger partial charge is 0.335 e. The fourth-order valence-electron chi connectivity index (χ4n) is 1.64. The molecule has 1 atom stereocenters. The van der Waals surface area contributed by atoms with Crippen LogP contribution < -0.4 is 10.2 Å². The van der Waals surface area contributed by atoms with Crippen LogP contribution in [0, 0.1) is 29.2 Å². The van der Waals surface area contributed by atoms with E-state index in [4.69, 9.17) is 0 Å². The summed E-state index contributed by atoms with van der Waals surface area (Å²) in [5.41, 5.74) is -1.50. The highest BCUT2D eigenvalue weighted by Crippen LogP contribution is 2.30. The summed E-state index contributed by atoms with van der Waals surface area (Å²) in [7, 11) is 0. The van der Waals surface area contributed by atoms with Gasteiger partial charge in [-0.2, -0.15) is 0 Å². The molecule has 1 heterocycles. The number of nitrogens with one attached hydrogen (secondary N) is 1. The number of carbonyl (C=O) groups is 3. The first-order valence-electron chi connectivity index (χ1n) is 5.27. The van der Waals surface area contributed by atoms with Crippen molar-refractivity contribution < 1.29 is 31.9 Å². The van der Waals surface area contributed by atoms with Gasteiger partial charge in [0, 0.05) is 6.07 Å². The summed E-state index contributed by atoms with van der Waals surface area (Å²) in [5, 5.41) is 1.65. The van der Waals surface area contributed by atoms with Gasteiger partial charge in [0.1, 0.15) is 11.6 Å². The molecule has 1 unspecified atom stereocenters. The SMILES string of the molecule is CC1C(=O)NC(=O)N(c2c(F)c(F)cc(F)c2F)C1=O. The van der Waals surface area contributed by atoms with Crippen LogP contribution in [0.4, 0.5) is 28.0 Å². The van der Waals surface area contributed by atoms with Gasteiger partial charge in [-0.3, -0.25) is 14.9 Å². The third-order valence-electron chi connectivity index (χ3n) is 2.73. The Morgan fingerprint density at radius 1 is 1.05 bits per heavy atom. The first-order chi connectivity index (χ1) is 9.25. The van der Waals surface area contributed by atoms with Crippen LogP contribution in [0.2, 0.25) is 0 Å². The molecule has 20 heavy (non-hydrogen) atoms. The van der Waals surface area contributed by atoms with Crippen LogP contribution in [-0.2, 0) is 9.59 Å². The minimum absolute atomic E-state index is 0.0604. The Kier molecular flexibility index (Phi) is 3.20. The number of nitrogens with zero attached hydrogens (tertiary/aromatic N) is 1. The Morgan fingerprint density at radius 2 is 1.55 bits per heavy atom. The normalized spacial score (nSPS) is 19.4. The number of amides is 4. The number of anilines is 1. The average molecular weight is 290 g/mol. The van der Waals surface area contributed by atoms with Crippen molar-refractivity contribution in [1.29, 1.82) is 0 Å². The molecule has 2 rings (SSSR count). The topological polar surface area (TPSA) is 66.5 Å². The van der Waals surface area contributed by atoms with Gasteiger partial charge in [0.2, 0.25) is 11.8 Å². The van der Waals surface area contributed by atoms with Gasteiger partial charge in [-0.25, -0.2) is 27.3 Å². The molecule has 0 spiro atoms. The molecule has 106 valence electrons. The zero-order chi connectivity index (χ0) is 15.2. The van der Waals surface area contributed by atoms with Crippen molar-refractivity contribution in [2.24, 2.45) is 5.92 Å². The molecule has 0 saturated carbocycles. The predicted octanol–water partition coefficient (Wildman–Crippen LogP) is 1.46. The molecule has 1 saturated heterocycles. The molecule has 1 fully saturated rings. The Morgan fingerprint density at radius 3 is 2.05 bits per heavy atom. The van der Waals surface area contributed by atoms with Gasteiger partial charge in [-0.15, -0.1) is 0 Å². The van der Waals surface area contributed by atoms with Crippen molar-refractivity contribution in [3.05, 3.63) is 29.3 Å². The van der Waals surface area contributed by atoms with Gasteiger partial charge in [0.05, 0.1) is 0 Å². The Bertz CT molecular complexity index is 621. The maximum absolute atomic E-state index is 13.6. The summed E-state index contributed by atoms with van der Waals surface area (Å²) >= 11 is 0. The van der Waals surface area contributed by atoms with Gasteiger partial charge in [0.25, 0.3) is 0 Å². The highest BCUT2D eigenvalue weighted by atomic mass is 19.2. The molecule has 1 aromatic carbocycles. The molecule has 1 aliphatic rings. The third kappa shape index (κ3) is 1.91. The molecule has 0 aromatic heterocycles. The van der Waals surface area contributed by atoms with E-state index < -0.39 is 52.7 Å².